The summed E-state index contributed by atoms with van der Waals surface area (Å²) < 4.78 is 71.1. The molecule has 2 amide bonds. The third-order valence-electron chi connectivity index (χ3n) is 7.19. The fraction of sp³-hybridized carbons (Fsp3) is 0.212. The van der Waals surface area contributed by atoms with Crippen LogP contribution in [0.2, 0.25) is 5.02 Å². The van der Waals surface area contributed by atoms with Gasteiger partial charge in [0.15, 0.2) is 0 Å². The summed E-state index contributed by atoms with van der Waals surface area (Å²) in [5, 5.41) is 1.95. The number of hydrogen-bond donors (Lipinski definition) is 1. The Morgan fingerprint density at radius 1 is 0.913 bits per heavy atom. The van der Waals surface area contributed by atoms with Crippen LogP contribution in [-0.4, -0.2) is 44.8 Å². The molecule has 1 atom stereocenters. The van der Waals surface area contributed by atoms with E-state index in [-0.39, 0.29) is 17.9 Å². The second-order valence-corrected chi connectivity index (χ2v) is 13.6. The number of rotatable bonds is 11. The van der Waals surface area contributed by atoms with E-state index < -0.39 is 56.9 Å². The first-order valence-corrected chi connectivity index (χ1v) is 16.6. The minimum atomic E-state index is -4.90. The maximum atomic E-state index is 14.3. The van der Waals surface area contributed by atoms with E-state index in [0.29, 0.717) is 20.4 Å². The molecule has 0 saturated carbocycles. The summed E-state index contributed by atoms with van der Waals surface area (Å²) in [6.45, 7) is 0.736. The molecule has 13 heteroatoms. The number of halogens is 5. The molecule has 0 aliphatic carbocycles. The topological polar surface area (TPSA) is 86.8 Å². The molecule has 4 aromatic rings. The number of carbonyl (C=O) groups is 2. The van der Waals surface area contributed by atoms with Crippen molar-refractivity contribution in [3.63, 3.8) is 0 Å². The number of hydrogen-bond acceptors (Lipinski definition) is 4. The Kier molecular flexibility index (Phi) is 11.2. The lowest BCUT2D eigenvalue weighted by Gasteiger charge is -2.33. The summed E-state index contributed by atoms with van der Waals surface area (Å²) in [7, 11) is -3.18. The zero-order valence-electron chi connectivity index (χ0n) is 24.8. The Labute approximate surface area is 279 Å². The monoisotopic (exact) mass is 735 g/mol. The van der Waals surface area contributed by atoms with Gasteiger partial charge in [0.25, 0.3) is 10.0 Å². The molecule has 0 aromatic heterocycles. The highest BCUT2D eigenvalue weighted by Crippen LogP contribution is 2.38. The molecular weight excluding hydrogens is 707 g/mol. The van der Waals surface area contributed by atoms with E-state index in [9.17, 15) is 31.2 Å². The van der Waals surface area contributed by atoms with Gasteiger partial charge in [-0.25, -0.2) is 8.42 Å². The number of amides is 2. The zero-order chi connectivity index (χ0) is 33.6. The van der Waals surface area contributed by atoms with Crippen LogP contribution in [-0.2, 0) is 38.8 Å². The number of likely N-dealkylation sites (N-methyl/N-ethyl adjacent to an activating group) is 1. The number of alkyl halides is 3. The van der Waals surface area contributed by atoms with E-state index in [4.69, 9.17) is 11.6 Å². The smallest absolute Gasteiger partial charge is 0.357 e. The van der Waals surface area contributed by atoms with Crippen LogP contribution >= 0.6 is 27.5 Å². The fourth-order valence-electron chi connectivity index (χ4n) is 4.80. The Morgan fingerprint density at radius 3 is 2.17 bits per heavy atom. The van der Waals surface area contributed by atoms with Crippen LogP contribution in [0.25, 0.3) is 0 Å². The predicted molar refractivity (Wildman–Crippen MR) is 175 cm³/mol. The normalized spacial score (nSPS) is 12.3. The number of nitrogens with one attached hydrogen (secondary N) is 1. The summed E-state index contributed by atoms with van der Waals surface area (Å²) in [6, 6.07) is 23.2. The Hall–Kier alpha value is -3.87. The van der Waals surface area contributed by atoms with Crippen LogP contribution in [0.5, 0.6) is 0 Å². The maximum Gasteiger partial charge on any atom is 0.417 e. The fourth-order valence-corrected chi connectivity index (χ4v) is 6.88. The van der Waals surface area contributed by atoms with Gasteiger partial charge in [-0.15, -0.1) is 0 Å². The highest BCUT2D eigenvalue weighted by Gasteiger charge is 2.37. The average molecular weight is 737 g/mol. The van der Waals surface area contributed by atoms with Crippen molar-refractivity contribution in [3.8, 4) is 0 Å². The van der Waals surface area contributed by atoms with Crippen molar-refractivity contribution >= 4 is 55.1 Å². The summed E-state index contributed by atoms with van der Waals surface area (Å²) in [5.41, 5.74) is 0.430. The first kappa shape index (κ1) is 35.0. The molecule has 7 nitrogen and oxygen atoms in total. The summed E-state index contributed by atoms with van der Waals surface area (Å²) in [4.78, 5) is 28.7. The first-order chi connectivity index (χ1) is 21.7. The van der Waals surface area contributed by atoms with Gasteiger partial charge in [-0.2, -0.15) is 13.2 Å². The van der Waals surface area contributed by atoms with Crippen molar-refractivity contribution in [1.29, 1.82) is 0 Å². The molecule has 46 heavy (non-hydrogen) atoms. The van der Waals surface area contributed by atoms with Gasteiger partial charge in [-0.05, 0) is 60.5 Å². The maximum absolute atomic E-state index is 14.3. The molecule has 0 aliphatic rings. The quantitative estimate of drug-likeness (QED) is 0.180. The van der Waals surface area contributed by atoms with Crippen LogP contribution in [0.1, 0.15) is 22.3 Å². The molecule has 0 spiro atoms. The minimum absolute atomic E-state index is 0.0874. The standard InChI is InChI=1S/C33H30BrClF3N3O4S/c1-22-11-14-27(15-12-22)46(44,45)41(26-13-16-29(35)28(19-26)33(36,37)38)21-31(42)40(20-24-9-6-10-25(34)17-24)30(32(43)39-2)18-23-7-4-3-5-8-23/h3-17,19,30H,18,20-21H2,1-2H3,(H,39,43)/t30-/m0/s1. The number of anilines is 1. The van der Waals surface area contributed by atoms with Gasteiger partial charge in [0.2, 0.25) is 11.8 Å². The van der Waals surface area contributed by atoms with E-state index in [1.807, 2.05) is 0 Å². The van der Waals surface area contributed by atoms with Crippen LogP contribution in [0.3, 0.4) is 0 Å². The van der Waals surface area contributed by atoms with Crippen LogP contribution in [0.15, 0.2) is 106 Å². The Bertz CT molecular complexity index is 1810. The van der Waals surface area contributed by atoms with E-state index in [2.05, 4.69) is 21.2 Å². The van der Waals surface area contributed by atoms with Gasteiger partial charge in [0.1, 0.15) is 12.6 Å². The van der Waals surface area contributed by atoms with Gasteiger partial charge in [-0.3, -0.25) is 13.9 Å². The Balaban J connectivity index is 1.85. The molecule has 1 N–H and O–H groups in total. The Morgan fingerprint density at radius 2 is 1.57 bits per heavy atom. The van der Waals surface area contributed by atoms with Gasteiger partial charge in [0, 0.05) is 24.5 Å². The molecule has 0 aliphatic heterocycles. The van der Waals surface area contributed by atoms with Crippen LogP contribution < -0.4 is 9.62 Å². The zero-order valence-corrected chi connectivity index (χ0v) is 27.9. The first-order valence-electron chi connectivity index (χ1n) is 14.0. The second kappa shape index (κ2) is 14.7. The predicted octanol–water partition coefficient (Wildman–Crippen LogP) is 7.01. The van der Waals surface area contributed by atoms with E-state index in [0.717, 1.165) is 23.3 Å². The average Bonchev–Trinajstić information content (AvgIpc) is 3.01. The molecule has 0 saturated heterocycles. The SMILES string of the molecule is CNC(=O)[C@H](Cc1ccccc1)N(Cc1cccc(Br)c1)C(=O)CN(c1ccc(Cl)c(C(F)(F)F)c1)S(=O)(=O)c1ccc(C)cc1. The number of carbonyl (C=O) groups excluding carboxylic acids is 2. The van der Waals surface area contributed by atoms with E-state index >= 15 is 0 Å². The third kappa shape index (κ3) is 8.48. The highest BCUT2D eigenvalue weighted by molar-refractivity contribution is 9.10. The molecule has 242 valence electrons. The number of nitrogens with zero attached hydrogens (tertiary/aromatic N) is 2. The largest absolute Gasteiger partial charge is 0.417 e. The molecule has 4 rings (SSSR count). The number of benzene rings is 4. The van der Waals surface area contributed by atoms with Gasteiger partial charge >= 0.3 is 6.18 Å². The summed E-state index contributed by atoms with van der Waals surface area (Å²) >= 11 is 9.26. The van der Waals surface area contributed by atoms with Crippen LogP contribution in [0, 0.1) is 6.92 Å². The van der Waals surface area contributed by atoms with Gasteiger partial charge in [0.05, 0.1) is 21.2 Å². The number of aryl methyl sites for hydroxylation is 1. The summed E-state index contributed by atoms with van der Waals surface area (Å²) in [5.74, 6) is -1.32. The minimum Gasteiger partial charge on any atom is -0.357 e. The van der Waals surface area contributed by atoms with Crippen molar-refractivity contribution < 1.29 is 31.2 Å². The highest BCUT2D eigenvalue weighted by atomic mass is 79.9. The lowest BCUT2D eigenvalue weighted by Crippen LogP contribution is -2.53. The van der Waals surface area contributed by atoms with Crippen LogP contribution in [0.4, 0.5) is 18.9 Å². The molecule has 0 heterocycles. The molecule has 0 unspecified atom stereocenters. The van der Waals surface area contributed by atoms with Crippen molar-refractivity contribution in [3.05, 3.63) is 129 Å². The van der Waals surface area contributed by atoms with Gasteiger partial charge in [-0.1, -0.05) is 87.7 Å². The lowest BCUT2D eigenvalue weighted by atomic mass is 10.0. The molecule has 4 aromatic carbocycles. The number of sulfonamides is 1. The lowest BCUT2D eigenvalue weighted by molar-refractivity contribution is -0.139. The molecular formula is C33H30BrClF3N3O4S. The second-order valence-electron chi connectivity index (χ2n) is 10.5. The van der Waals surface area contributed by atoms with Crippen molar-refractivity contribution in [1.82, 2.24) is 10.2 Å². The molecule has 0 fully saturated rings. The van der Waals surface area contributed by atoms with E-state index in [1.165, 1.54) is 36.2 Å². The van der Waals surface area contributed by atoms with E-state index in [1.54, 1.807) is 61.5 Å². The molecule has 0 bridgehead atoms. The van der Waals surface area contributed by atoms with Gasteiger partial charge < -0.3 is 10.2 Å². The van der Waals surface area contributed by atoms with Crippen molar-refractivity contribution in [2.24, 2.45) is 0 Å². The van der Waals surface area contributed by atoms with Crippen molar-refractivity contribution in [2.45, 2.75) is 37.0 Å². The van der Waals surface area contributed by atoms with Crippen molar-refractivity contribution in [2.75, 3.05) is 17.9 Å². The summed E-state index contributed by atoms with van der Waals surface area (Å²) in [6.07, 6.45) is -4.81. The molecule has 0 radical (unpaired) electrons. The third-order valence-corrected chi connectivity index (χ3v) is 9.80.